The smallest absolute Gasteiger partial charge is 0.175 e. The third-order valence-corrected chi connectivity index (χ3v) is 5.20. The number of hydrogen-bond acceptors (Lipinski definition) is 4. The molecule has 0 amide bonds. The summed E-state index contributed by atoms with van der Waals surface area (Å²) >= 11 is 8.72. The molecule has 2 aromatic rings. The predicted octanol–water partition coefficient (Wildman–Crippen LogP) is 4.58. The van der Waals surface area contributed by atoms with Gasteiger partial charge in [-0.1, -0.05) is 0 Å². The normalized spacial score (nSPS) is 10.6. The van der Waals surface area contributed by atoms with E-state index in [9.17, 15) is 0 Å². The summed E-state index contributed by atoms with van der Waals surface area (Å²) in [6.07, 6.45) is 0. The monoisotopic (exact) mass is 419 g/mol. The van der Waals surface area contributed by atoms with E-state index in [0.29, 0.717) is 6.61 Å². The summed E-state index contributed by atoms with van der Waals surface area (Å²) in [6.45, 7) is 1.30. The van der Waals surface area contributed by atoms with Gasteiger partial charge in [0, 0.05) is 11.0 Å². The van der Waals surface area contributed by atoms with Crippen LogP contribution in [0.5, 0.6) is 11.5 Å². The van der Waals surface area contributed by atoms with Crippen molar-refractivity contribution in [1.82, 2.24) is 5.32 Å². The van der Waals surface area contributed by atoms with Gasteiger partial charge in [0.05, 0.1) is 16.5 Å². The van der Waals surface area contributed by atoms with E-state index in [-0.39, 0.29) is 0 Å². The fraction of sp³-hybridized carbons (Fsp3) is 0.286. The highest BCUT2D eigenvalue weighted by atomic mass is 79.9. The lowest BCUT2D eigenvalue weighted by Crippen LogP contribution is -2.06. The zero-order valence-corrected chi connectivity index (χ0v) is 15.2. The maximum Gasteiger partial charge on any atom is 0.175 e. The van der Waals surface area contributed by atoms with Crippen LogP contribution in [-0.2, 0) is 13.2 Å². The lowest BCUT2D eigenvalue weighted by Gasteiger charge is -2.14. The number of ether oxygens (including phenoxy) is 2. The van der Waals surface area contributed by atoms with Crippen molar-refractivity contribution in [3.05, 3.63) is 43.0 Å². The molecule has 1 aromatic heterocycles. The van der Waals surface area contributed by atoms with E-state index >= 15 is 0 Å². The Morgan fingerprint density at radius 2 is 2.05 bits per heavy atom. The number of halogens is 2. The number of thiophene rings is 1. The average Bonchev–Trinajstić information content (AvgIpc) is 2.83. The first kappa shape index (κ1) is 15.8. The van der Waals surface area contributed by atoms with Crippen molar-refractivity contribution in [2.45, 2.75) is 13.2 Å². The maximum atomic E-state index is 5.91. The summed E-state index contributed by atoms with van der Waals surface area (Å²) in [4.78, 5) is 1.15. The van der Waals surface area contributed by atoms with Crippen molar-refractivity contribution in [3.63, 3.8) is 0 Å². The summed E-state index contributed by atoms with van der Waals surface area (Å²) in [6, 6.07) is 6.05. The van der Waals surface area contributed by atoms with E-state index in [1.54, 1.807) is 18.4 Å². The Bertz CT molecular complexity index is 587. The minimum Gasteiger partial charge on any atom is -0.493 e. The maximum absolute atomic E-state index is 5.91. The third kappa shape index (κ3) is 3.75. The lowest BCUT2D eigenvalue weighted by atomic mass is 10.2. The highest BCUT2D eigenvalue weighted by Gasteiger charge is 2.13. The molecule has 108 valence electrons. The van der Waals surface area contributed by atoms with Crippen LogP contribution in [0, 0.1) is 0 Å². The molecule has 0 bridgehead atoms. The standard InChI is InChI=1S/C14H15Br2NO2S/c1-17-7-9-5-11(16)14(12(6-9)18-2)19-8-13-10(15)3-4-20-13/h3-6,17H,7-8H2,1-2H3. The van der Waals surface area contributed by atoms with E-state index in [1.165, 1.54) is 0 Å². The zero-order chi connectivity index (χ0) is 14.5. The summed E-state index contributed by atoms with van der Waals surface area (Å²) in [5.74, 6) is 1.46. The quantitative estimate of drug-likeness (QED) is 0.741. The second-order valence-corrected chi connectivity index (χ2v) is 6.83. The first-order valence-corrected chi connectivity index (χ1v) is 8.48. The summed E-state index contributed by atoms with van der Waals surface area (Å²) in [5.41, 5.74) is 1.14. The molecule has 1 aromatic carbocycles. The third-order valence-electron chi connectivity index (χ3n) is 2.71. The van der Waals surface area contributed by atoms with Crippen molar-refractivity contribution in [2.24, 2.45) is 0 Å². The molecular weight excluding hydrogens is 406 g/mol. The van der Waals surface area contributed by atoms with Crippen molar-refractivity contribution < 1.29 is 9.47 Å². The largest absolute Gasteiger partial charge is 0.493 e. The van der Waals surface area contributed by atoms with Gasteiger partial charge in [0.1, 0.15) is 6.61 Å². The lowest BCUT2D eigenvalue weighted by molar-refractivity contribution is 0.284. The molecule has 2 rings (SSSR count). The topological polar surface area (TPSA) is 30.5 Å². The van der Waals surface area contributed by atoms with Gasteiger partial charge in [0.15, 0.2) is 11.5 Å². The molecule has 0 radical (unpaired) electrons. The van der Waals surface area contributed by atoms with Gasteiger partial charge in [-0.25, -0.2) is 0 Å². The SMILES string of the molecule is CNCc1cc(Br)c(OCc2sccc2Br)c(OC)c1. The van der Waals surface area contributed by atoms with E-state index in [0.717, 1.165) is 37.4 Å². The minimum absolute atomic E-state index is 0.512. The van der Waals surface area contributed by atoms with Gasteiger partial charge < -0.3 is 14.8 Å². The van der Waals surface area contributed by atoms with Crippen LogP contribution >= 0.6 is 43.2 Å². The van der Waals surface area contributed by atoms with Gasteiger partial charge in [-0.05, 0) is 68.1 Å². The average molecular weight is 421 g/mol. The molecule has 20 heavy (non-hydrogen) atoms. The molecule has 0 aliphatic rings. The van der Waals surface area contributed by atoms with Crippen LogP contribution in [-0.4, -0.2) is 14.2 Å². The summed E-state index contributed by atoms with van der Waals surface area (Å²) in [7, 11) is 3.57. The van der Waals surface area contributed by atoms with Crippen molar-refractivity contribution >= 4 is 43.2 Å². The number of benzene rings is 1. The molecule has 0 saturated heterocycles. The first-order chi connectivity index (χ1) is 9.65. The van der Waals surface area contributed by atoms with Crippen LogP contribution in [0.15, 0.2) is 32.5 Å². The molecule has 1 N–H and O–H groups in total. The summed E-state index contributed by atoms with van der Waals surface area (Å²) < 4.78 is 13.3. The number of rotatable bonds is 6. The minimum atomic E-state index is 0.512. The second-order valence-electron chi connectivity index (χ2n) is 4.12. The van der Waals surface area contributed by atoms with Gasteiger partial charge >= 0.3 is 0 Å². The molecular formula is C14H15Br2NO2S. The Labute approximate surface area is 139 Å². The zero-order valence-electron chi connectivity index (χ0n) is 11.2. The van der Waals surface area contributed by atoms with Crippen LogP contribution in [0.4, 0.5) is 0 Å². The van der Waals surface area contributed by atoms with Crippen molar-refractivity contribution in [2.75, 3.05) is 14.2 Å². The van der Waals surface area contributed by atoms with Crippen molar-refractivity contribution in [3.8, 4) is 11.5 Å². The van der Waals surface area contributed by atoms with Gasteiger partial charge in [-0.2, -0.15) is 0 Å². The molecule has 0 fully saturated rings. The Morgan fingerprint density at radius 3 is 2.65 bits per heavy atom. The first-order valence-electron chi connectivity index (χ1n) is 6.01. The molecule has 0 spiro atoms. The molecule has 6 heteroatoms. The Balaban J connectivity index is 2.20. The van der Waals surface area contributed by atoms with Gasteiger partial charge in [-0.15, -0.1) is 11.3 Å². The number of nitrogens with one attached hydrogen (secondary N) is 1. The van der Waals surface area contributed by atoms with Crippen LogP contribution in [0.25, 0.3) is 0 Å². The molecule has 0 saturated carbocycles. The van der Waals surface area contributed by atoms with Crippen molar-refractivity contribution in [1.29, 1.82) is 0 Å². The van der Waals surface area contributed by atoms with E-state index in [2.05, 4.69) is 37.2 Å². The molecule has 0 aliphatic carbocycles. The highest BCUT2D eigenvalue weighted by molar-refractivity contribution is 9.10. The highest BCUT2D eigenvalue weighted by Crippen LogP contribution is 2.38. The van der Waals surface area contributed by atoms with Gasteiger partial charge in [-0.3, -0.25) is 0 Å². The fourth-order valence-corrected chi connectivity index (χ4v) is 3.77. The number of hydrogen-bond donors (Lipinski definition) is 1. The number of methoxy groups -OCH3 is 1. The fourth-order valence-electron chi connectivity index (χ4n) is 1.79. The Morgan fingerprint density at radius 1 is 1.25 bits per heavy atom. The molecule has 0 aliphatic heterocycles. The van der Waals surface area contributed by atoms with Crippen LogP contribution in [0.2, 0.25) is 0 Å². The Kier molecular flexibility index (Phi) is 5.89. The van der Waals surface area contributed by atoms with Crippen LogP contribution in [0.1, 0.15) is 10.4 Å². The predicted molar refractivity (Wildman–Crippen MR) is 89.8 cm³/mol. The molecule has 0 unspecified atom stereocenters. The van der Waals surface area contributed by atoms with Gasteiger partial charge in [0.25, 0.3) is 0 Å². The second kappa shape index (κ2) is 7.45. The molecule has 1 heterocycles. The van der Waals surface area contributed by atoms with E-state index in [4.69, 9.17) is 9.47 Å². The molecule has 0 atom stereocenters. The molecule has 3 nitrogen and oxygen atoms in total. The van der Waals surface area contributed by atoms with Crippen LogP contribution < -0.4 is 14.8 Å². The van der Waals surface area contributed by atoms with Gasteiger partial charge in [0.2, 0.25) is 0 Å². The Hall–Kier alpha value is -0.560. The van der Waals surface area contributed by atoms with Crippen LogP contribution in [0.3, 0.4) is 0 Å². The van der Waals surface area contributed by atoms with E-state index < -0.39 is 0 Å². The summed E-state index contributed by atoms with van der Waals surface area (Å²) in [5, 5.41) is 5.15. The van der Waals surface area contributed by atoms with E-state index in [1.807, 2.05) is 30.6 Å².